The minimum absolute atomic E-state index is 0.211. The van der Waals surface area contributed by atoms with Gasteiger partial charge in [-0.25, -0.2) is 5.43 Å². The monoisotopic (exact) mass is 440 g/mol. The van der Waals surface area contributed by atoms with Crippen molar-refractivity contribution in [1.82, 2.24) is 15.3 Å². The Labute approximate surface area is 188 Å². The predicted octanol–water partition coefficient (Wildman–Crippen LogP) is 2.85. The van der Waals surface area contributed by atoms with Crippen LogP contribution >= 0.6 is 0 Å². The molecule has 32 heavy (non-hydrogen) atoms. The number of aryl methyl sites for hydroxylation is 1. The molecule has 1 fully saturated rings. The fourth-order valence-corrected chi connectivity index (χ4v) is 4.24. The highest BCUT2D eigenvalue weighted by Gasteiger charge is 2.32. The second kappa shape index (κ2) is 10.3. The van der Waals surface area contributed by atoms with Gasteiger partial charge in [0.25, 0.3) is 5.91 Å². The molecule has 0 bridgehead atoms. The first-order chi connectivity index (χ1) is 15.6. The Morgan fingerprint density at radius 3 is 2.59 bits per heavy atom. The standard InChI is InChI=1S/C24H32N4O4/c1-16-18(8-9-28(10-13-30-2)11-14-31-3)22(17-6-7-17)20(25-16)15-19-23(26-27-24(19)29)21-5-4-12-32-21/h4-5,12,15,17,25H,6-11,13-14H2,1-3H3,(H,27,29). The van der Waals surface area contributed by atoms with E-state index in [1.165, 1.54) is 24.0 Å². The van der Waals surface area contributed by atoms with Crippen LogP contribution in [0.4, 0.5) is 0 Å². The molecule has 0 unspecified atom stereocenters. The molecule has 8 heteroatoms. The highest BCUT2D eigenvalue weighted by Crippen LogP contribution is 2.45. The lowest BCUT2D eigenvalue weighted by Gasteiger charge is -2.22. The van der Waals surface area contributed by atoms with Gasteiger partial charge in [0.05, 0.1) is 25.1 Å². The maximum absolute atomic E-state index is 12.5. The molecule has 172 valence electrons. The Hall–Kier alpha value is -2.68. The van der Waals surface area contributed by atoms with Crippen molar-refractivity contribution in [2.75, 3.05) is 47.1 Å². The van der Waals surface area contributed by atoms with Gasteiger partial charge in [-0.2, -0.15) is 5.10 Å². The molecule has 1 aliphatic carbocycles. The van der Waals surface area contributed by atoms with Crippen molar-refractivity contribution in [3.63, 3.8) is 0 Å². The molecule has 0 atom stereocenters. The summed E-state index contributed by atoms with van der Waals surface area (Å²) in [5, 5.41) is 4.18. The van der Waals surface area contributed by atoms with Crippen LogP contribution in [0.2, 0.25) is 0 Å². The SMILES string of the molecule is COCCN(CCOC)CCc1c(C)[nH]c(C=C2C(=O)NN=C2c2ccco2)c1C1CC1. The first-order valence-corrected chi connectivity index (χ1v) is 11.2. The van der Waals surface area contributed by atoms with E-state index >= 15 is 0 Å². The van der Waals surface area contributed by atoms with E-state index in [0.29, 0.717) is 36.2 Å². The Kier molecular flexibility index (Phi) is 7.24. The molecule has 0 radical (unpaired) electrons. The van der Waals surface area contributed by atoms with Gasteiger partial charge in [0.1, 0.15) is 5.71 Å². The summed E-state index contributed by atoms with van der Waals surface area (Å²) < 4.78 is 16.0. The summed E-state index contributed by atoms with van der Waals surface area (Å²) in [5.41, 5.74) is 8.50. The Bertz CT molecular complexity index is 978. The van der Waals surface area contributed by atoms with Crippen LogP contribution in [0.15, 0.2) is 33.5 Å². The van der Waals surface area contributed by atoms with E-state index in [0.717, 1.165) is 37.4 Å². The number of aromatic amines is 1. The number of hydrazone groups is 1. The Morgan fingerprint density at radius 2 is 1.97 bits per heavy atom. The molecule has 2 aromatic rings. The summed E-state index contributed by atoms with van der Waals surface area (Å²) in [7, 11) is 3.46. The largest absolute Gasteiger partial charge is 0.463 e. The van der Waals surface area contributed by atoms with Crippen LogP contribution in [-0.4, -0.2) is 68.6 Å². The van der Waals surface area contributed by atoms with E-state index in [9.17, 15) is 4.79 Å². The molecule has 4 rings (SSSR count). The molecule has 0 spiro atoms. The number of furan rings is 1. The molecule has 0 aromatic carbocycles. The third-order valence-corrected chi connectivity index (χ3v) is 6.09. The number of carbonyl (C=O) groups is 1. The lowest BCUT2D eigenvalue weighted by Crippen LogP contribution is -2.32. The Balaban J connectivity index is 1.58. The van der Waals surface area contributed by atoms with E-state index in [1.807, 2.05) is 12.1 Å². The molecule has 2 N–H and O–H groups in total. The Morgan fingerprint density at radius 1 is 1.22 bits per heavy atom. The van der Waals surface area contributed by atoms with Gasteiger partial charge in [0.2, 0.25) is 0 Å². The molecular formula is C24H32N4O4. The number of hydrogen-bond donors (Lipinski definition) is 2. The fraction of sp³-hybridized carbons (Fsp3) is 0.500. The number of hydrogen-bond acceptors (Lipinski definition) is 6. The molecule has 3 heterocycles. The molecule has 1 aliphatic heterocycles. The normalized spacial score (nSPS) is 17.4. The number of amides is 1. The second-order valence-electron chi connectivity index (χ2n) is 8.34. The number of rotatable bonds is 12. The predicted molar refractivity (Wildman–Crippen MR) is 123 cm³/mol. The lowest BCUT2D eigenvalue weighted by atomic mass is 9.99. The average molecular weight is 441 g/mol. The first-order valence-electron chi connectivity index (χ1n) is 11.2. The van der Waals surface area contributed by atoms with Crippen molar-refractivity contribution in [3.05, 3.63) is 52.2 Å². The van der Waals surface area contributed by atoms with Crippen LogP contribution in [0.25, 0.3) is 6.08 Å². The lowest BCUT2D eigenvalue weighted by molar-refractivity contribution is -0.116. The van der Waals surface area contributed by atoms with Crippen molar-refractivity contribution in [3.8, 4) is 0 Å². The van der Waals surface area contributed by atoms with E-state index in [1.54, 1.807) is 26.5 Å². The van der Waals surface area contributed by atoms with Crippen LogP contribution < -0.4 is 5.43 Å². The minimum atomic E-state index is -0.211. The topological polar surface area (TPSA) is 92.1 Å². The van der Waals surface area contributed by atoms with E-state index in [2.05, 4.69) is 27.3 Å². The number of nitrogens with one attached hydrogen (secondary N) is 2. The first kappa shape index (κ1) is 22.5. The van der Waals surface area contributed by atoms with Crippen LogP contribution in [0.1, 0.15) is 47.0 Å². The summed E-state index contributed by atoms with van der Waals surface area (Å²) in [4.78, 5) is 18.4. The molecular weight excluding hydrogens is 408 g/mol. The van der Waals surface area contributed by atoms with Gasteiger partial charge in [-0.1, -0.05) is 0 Å². The van der Waals surface area contributed by atoms with Crippen LogP contribution in [0.3, 0.4) is 0 Å². The van der Waals surface area contributed by atoms with Gasteiger partial charge in [-0.05, 0) is 61.4 Å². The summed E-state index contributed by atoms with van der Waals surface area (Å²) in [6.45, 7) is 6.21. The molecule has 1 saturated carbocycles. The van der Waals surface area contributed by atoms with Crippen LogP contribution in [0, 0.1) is 6.92 Å². The van der Waals surface area contributed by atoms with Crippen molar-refractivity contribution < 1.29 is 18.7 Å². The zero-order chi connectivity index (χ0) is 22.5. The van der Waals surface area contributed by atoms with Crippen LogP contribution in [0.5, 0.6) is 0 Å². The number of methoxy groups -OCH3 is 2. The van der Waals surface area contributed by atoms with Crippen molar-refractivity contribution in [2.45, 2.75) is 32.1 Å². The summed E-state index contributed by atoms with van der Waals surface area (Å²) in [6.07, 6.45) is 6.83. The number of aromatic nitrogens is 1. The molecule has 2 aliphatic rings. The van der Waals surface area contributed by atoms with Gasteiger partial charge in [-0.3, -0.25) is 9.69 Å². The zero-order valence-electron chi connectivity index (χ0n) is 19.1. The summed E-state index contributed by atoms with van der Waals surface area (Å²) >= 11 is 0. The zero-order valence-corrected chi connectivity index (χ0v) is 19.1. The molecule has 2 aromatic heterocycles. The van der Waals surface area contributed by atoms with Crippen LogP contribution in [-0.2, 0) is 20.7 Å². The van der Waals surface area contributed by atoms with Crippen molar-refractivity contribution >= 4 is 17.7 Å². The number of H-pyrrole nitrogens is 1. The maximum atomic E-state index is 12.5. The molecule has 0 saturated heterocycles. The second-order valence-corrected chi connectivity index (χ2v) is 8.34. The fourth-order valence-electron chi connectivity index (χ4n) is 4.24. The third-order valence-electron chi connectivity index (χ3n) is 6.09. The molecule has 1 amide bonds. The maximum Gasteiger partial charge on any atom is 0.273 e. The van der Waals surface area contributed by atoms with E-state index < -0.39 is 0 Å². The average Bonchev–Trinajstić information content (AvgIpc) is 3.20. The van der Waals surface area contributed by atoms with Crippen molar-refractivity contribution in [1.29, 1.82) is 0 Å². The van der Waals surface area contributed by atoms with Gasteiger partial charge in [-0.15, -0.1) is 0 Å². The van der Waals surface area contributed by atoms with Crippen molar-refractivity contribution in [2.24, 2.45) is 5.10 Å². The smallest absolute Gasteiger partial charge is 0.273 e. The number of nitrogens with zero attached hydrogens (tertiary/aromatic N) is 2. The highest BCUT2D eigenvalue weighted by atomic mass is 16.5. The summed E-state index contributed by atoms with van der Waals surface area (Å²) in [5.74, 6) is 0.914. The quantitative estimate of drug-likeness (QED) is 0.495. The van der Waals surface area contributed by atoms with Gasteiger partial charge in [0, 0.05) is 45.2 Å². The highest BCUT2D eigenvalue weighted by molar-refractivity contribution is 6.32. The van der Waals surface area contributed by atoms with Gasteiger partial charge < -0.3 is 18.9 Å². The van der Waals surface area contributed by atoms with E-state index in [4.69, 9.17) is 13.9 Å². The van der Waals surface area contributed by atoms with Gasteiger partial charge in [0.15, 0.2) is 5.76 Å². The number of carbonyl (C=O) groups excluding carboxylic acids is 1. The molecule has 8 nitrogen and oxygen atoms in total. The summed E-state index contributed by atoms with van der Waals surface area (Å²) in [6, 6.07) is 3.61. The third kappa shape index (κ3) is 5.03. The minimum Gasteiger partial charge on any atom is -0.463 e. The van der Waals surface area contributed by atoms with E-state index in [-0.39, 0.29) is 5.91 Å². The number of ether oxygens (including phenoxy) is 2. The van der Waals surface area contributed by atoms with Gasteiger partial charge >= 0.3 is 0 Å².